The van der Waals surface area contributed by atoms with Crippen molar-refractivity contribution in [1.82, 2.24) is 9.88 Å². The minimum absolute atomic E-state index is 0.107. The third-order valence-corrected chi connectivity index (χ3v) is 4.88. The van der Waals surface area contributed by atoms with Crippen LogP contribution in [0.25, 0.3) is 0 Å². The number of carbonyl (C=O) groups is 1. The summed E-state index contributed by atoms with van der Waals surface area (Å²) in [6, 6.07) is 23.2. The van der Waals surface area contributed by atoms with Gasteiger partial charge in [0.2, 0.25) is 5.91 Å². The van der Waals surface area contributed by atoms with Gasteiger partial charge in [0.15, 0.2) is 0 Å². The Morgan fingerprint density at radius 1 is 0.862 bits per heavy atom. The van der Waals surface area contributed by atoms with Gasteiger partial charge in [0.05, 0.1) is 6.54 Å². The van der Waals surface area contributed by atoms with E-state index in [4.69, 9.17) is 4.74 Å². The van der Waals surface area contributed by atoms with Gasteiger partial charge in [-0.25, -0.2) is 4.98 Å². The Kier molecular flexibility index (Phi) is 5.90. The molecule has 1 saturated heterocycles. The van der Waals surface area contributed by atoms with Gasteiger partial charge in [-0.2, -0.15) is 0 Å². The van der Waals surface area contributed by atoms with Gasteiger partial charge < -0.3 is 19.9 Å². The zero-order chi connectivity index (χ0) is 19.9. The normalized spacial score (nSPS) is 13.8. The summed E-state index contributed by atoms with van der Waals surface area (Å²) in [5.41, 5.74) is 0.894. The zero-order valence-electron chi connectivity index (χ0n) is 16.2. The lowest BCUT2D eigenvalue weighted by Gasteiger charge is -2.35. The molecule has 4 rings (SSSR count). The molecule has 148 valence electrons. The van der Waals surface area contributed by atoms with E-state index < -0.39 is 0 Å². The maximum absolute atomic E-state index is 12.5. The third-order valence-electron chi connectivity index (χ3n) is 4.88. The van der Waals surface area contributed by atoms with Crippen molar-refractivity contribution in [2.45, 2.75) is 0 Å². The molecule has 1 aliphatic rings. The van der Waals surface area contributed by atoms with Gasteiger partial charge in [-0.15, -0.1) is 0 Å². The standard InChI is InChI=1S/C23H24N4O2/c28-23(27-16-14-26(15-17-27)22-8-4-5-13-24-22)18-25-19-9-11-21(12-10-19)29-20-6-2-1-3-7-20/h1-13,25H,14-18H2. The van der Waals surface area contributed by atoms with Gasteiger partial charge in [0.25, 0.3) is 0 Å². The van der Waals surface area contributed by atoms with Crippen LogP contribution in [0, 0.1) is 0 Å². The predicted molar refractivity (Wildman–Crippen MR) is 114 cm³/mol. The van der Waals surface area contributed by atoms with Crippen molar-refractivity contribution in [3.05, 3.63) is 79.0 Å². The molecule has 1 N–H and O–H groups in total. The first-order chi connectivity index (χ1) is 14.3. The number of hydrogen-bond donors (Lipinski definition) is 1. The summed E-state index contributed by atoms with van der Waals surface area (Å²) in [6.07, 6.45) is 1.80. The minimum Gasteiger partial charge on any atom is -0.457 e. The summed E-state index contributed by atoms with van der Waals surface area (Å²) in [5.74, 6) is 2.64. The van der Waals surface area contributed by atoms with Crippen LogP contribution in [0.2, 0.25) is 0 Å². The minimum atomic E-state index is 0.107. The van der Waals surface area contributed by atoms with E-state index in [-0.39, 0.29) is 12.5 Å². The number of rotatable bonds is 6. The van der Waals surface area contributed by atoms with Crippen LogP contribution in [0.4, 0.5) is 11.5 Å². The molecule has 29 heavy (non-hydrogen) atoms. The van der Waals surface area contributed by atoms with E-state index in [0.717, 1.165) is 36.1 Å². The molecule has 0 radical (unpaired) electrons. The molecule has 0 aliphatic carbocycles. The van der Waals surface area contributed by atoms with Crippen LogP contribution in [-0.2, 0) is 4.79 Å². The molecule has 3 aromatic rings. The van der Waals surface area contributed by atoms with Gasteiger partial charge in [-0.05, 0) is 48.5 Å². The molecule has 1 aromatic heterocycles. The van der Waals surface area contributed by atoms with Crippen molar-refractivity contribution >= 4 is 17.4 Å². The second-order valence-corrected chi connectivity index (χ2v) is 6.85. The quantitative estimate of drug-likeness (QED) is 0.699. The van der Waals surface area contributed by atoms with Gasteiger partial charge in [0.1, 0.15) is 17.3 Å². The van der Waals surface area contributed by atoms with E-state index in [9.17, 15) is 4.79 Å². The molecule has 1 fully saturated rings. The Balaban J connectivity index is 1.23. The number of ether oxygens (including phenoxy) is 1. The first kappa shape index (κ1) is 18.8. The maximum Gasteiger partial charge on any atom is 0.241 e. The Hall–Kier alpha value is -3.54. The van der Waals surface area contributed by atoms with E-state index in [1.165, 1.54) is 0 Å². The number of benzene rings is 2. The molecule has 6 heteroatoms. The van der Waals surface area contributed by atoms with Crippen LogP contribution < -0.4 is 15.0 Å². The molecule has 2 heterocycles. The van der Waals surface area contributed by atoms with Gasteiger partial charge in [-0.1, -0.05) is 24.3 Å². The molecule has 0 atom stereocenters. The number of piperazine rings is 1. The summed E-state index contributed by atoms with van der Waals surface area (Å²) in [7, 11) is 0. The van der Waals surface area contributed by atoms with E-state index in [0.29, 0.717) is 13.1 Å². The van der Waals surface area contributed by atoms with Crippen molar-refractivity contribution < 1.29 is 9.53 Å². The second kappa shape index (κ2) is 9.10. The van der Waals surface area contributed by atoms with Gasteiger partial charge >= 0.3 is 0 Å². The molecule has 2 aromatic carbocycles. The highest BCUT2D eigenvalue weighted by Crippen LogP contribution is 2.22. The smallest absolute Gasteiger partial charge is 0.241 e. The summed E-state index contributed by atoms with van der Waals surface area (Å²) in [4.78, 5) is 21.0. The fraction of sp³-hybridized carbons (Fsp3) is 0.217. The fourth-order valence-electron chi connectivity index (χ4n) is 3.28. The van der Waals surface area contributed by atoms with E-state index in [2.05, 4.69) is 15.2 Å². The Morgan fingerprint density at radius 2 is 1.55 bits per heavy atom. The Labute approximate surface area is 170 Å². The highest BCUT2D eigenvalue weighted by Gasteiger charge is 2.21. The molecule has 0 bridgehead atoms. The molecular weight excluding hydrogens is 364 g/mol. The first-order valence-corrected chi connectivity index (χ1v) is 9.78. The molecule has 0 spiro atoms. The topological polar surface area (TPSA) is 57.7 Å². The number of pyridine rings is 1. The number of aromatic nitrogens is 1. The average Bonchev–Trinajstić information content (AvgIpc) is 2.80. The molecule has 6 nitrogen and oxygen atoms in total. The number of hydrogen-bond acceptors (Lipinski definition) is 5. The van der Waals surface area contributed by atoms with Crippen molar-refractivity contribution in [2.24, 2.45) is 0 Å². The number of amides is 1. The van der Waals surface area contributed by atoms with Crippen LogP contribution in [-0.4, -0.2) is 48.5 Å². The maximum atomic E-state index is 12.5. The largest absolute Gasteiger partial charge is 0.457 e. The fourth-order valence-corrected chi connectivity index (χ4v) is 3.28. The lowest BCUT2D eigenvalue weighted by atomic mass is 10.2. The highest BCUT2D eigenvalue weighted by atomic mass is 16.5. The lowest BCUT2D eigenvalue weighted by molar-refractivity contribution is -0.129. The average molecular weight is 388 g/mol. The van der Waals surface area contributed by atoms with E-state index in [1.54, 1.807) is 6.20 Å². The van der Waals surface area contributed by atoms with Gasteiger partial charge in [-0.3, -0.25) is 4.79 Å². The van der Waals surface area contributed by atoms with Crippen LogP contribution in [0.3, 0.4) is 0 Å². The molecular formula is C23H24N4O2. The molecule has 1 aliphatic heterocycles. The SMILES string of the molecule is O=C(CNc1ccc(Oc2ccccc2)cc1)N1CCN(c2ccccn2)CC1. The number of nitrogens with zero attached hydrogens (tertiary/aromatic N) is 3. The predicted octanol–water partition coefficient (Wildman–Crippen LogP) is 3.63. The van der Waals surface area contributed by atoms with E-state index >= 15 is 0 Å². The van der Waals surface area contributed by atoms with Crippen LogP contribution in [0.15, 0.2) is 79.0 Å². The van der Waals surface area contributed by atoms with Crippen LogP contribution >= 0.6 is 0 Å². The molecule has 0 saturated carbocycles. The summed E-state index contributed by atoms with van der Waals surface area (Å²) < 4.78 is 5.79. The monoisotopic (exact) mass is 388 g/mol. The molecule has 0 unspecified atom stereocenters. The molecule has 1 amide bonds. The highest BCUT2D eigenvalue weighted by molar-refractivity contribution is 5.81. The summed E-state index contributed by atoms with van der Waals surface area (Å²) in [5, 5.41) is 3.20. The van der Waals surface area contributed by atoms with Gasteiger partial charge in [0, 0.05) is 38.1 Å². The third kappa shape index (κ3) is 5.04. The summed E-state index contributed by atoms with van der Waals surface area (Å²) in [6.45, 7) is 3.30. The van der Waals surface area contributed by atoms with Crippen LogP contribution in [0.5, 0.6) is 11.5 Å². The number of para-hydroxylation sites is 1. The lowest BCUT2D eigenvalue weighted by Crippen LogP contribution is -2.50. The Bertz CT molecular complexity index is 909. The zero-order valence-corrected chi connectivity index (χ0v) is 16.2. The first-order valence-electron chi connectivity index (χ1n) is 9.78. The van der Waals surface area contributed by atoms with Crippen molar-refractivity contribution in [1.29, 1.82) is 0 Å². The van der Waals surface area contributed by atoms with Crippen LogP contribution in [0.1, 0.15) is 0 Å². The van der Waals surface area contributed by atoms with Crippen molar-refractivity contribution in [2.75, 3.05) is 42.9 Å². The summed E-state index contributed by atoms with van der Waals surface area (Å²) >= 11 is 0. The Morgan fingerprint density at radius 3 is 2.24 bits per heavy atom. The number of nitrogens with one attached hydrogen (secondary N) is 1. The number of anilines is 2. The van der Waals surface area contributed by atoms with E-state index in [1.807, 2.05) is 77.7 Å². The second-order valence-electron chi connectivity index (χ2n) is 6.85. The van der Waals surface area contributed by atoms with Crippen molar-refractivity contribution in [3.63, 3.8) is 0 Å². The number of carbonyl (C=O) groups excluding carboxylic acids is 1. The van der Waals surface area contributed by atoms with Crippen molar-refractivity contribution in [3.8, 4) is 11.5 Å².